The van der Waals surface area contributed by atoms with Crippen LogP contribution in [-0.2, 0) is 11.3 Å². The smallest absolute Gasteiger partial charge is 0.244 e. The Labute approximate surface area is 164 Å². The first-order valence-electron chi connectivity index (χ1n) is 9.39. The lowest BCUT2D eigenvalue weighted by Crippen LogP contribution is -2.20. The van der Waals surface area contributed by atoms with E-state index in [2.05, 4.69) is 20.2 Å². The molecular weight excluding hydrogens is 354 g/mol. The lowest BCUT2D eigenvalue weighted by Gasteiger charge is -2.17. The maximum Gasteiger partial charge on any atom is 0.244 e. The van der Waals surface area contributed by atoms with Gasteiger partial charge in [0.25, 0.3) is 0 Å². The van der Waals surface area contributed by atoms with Gasteiger partial charge < -0.3 is 19.5 Å². The summed E-state index contributed by atoms with van der Waals surface area (Å²) in [6.45, 7) is 2.25. The van der Waals surface area contributed by atoms with Crippen LogP contribution in [-0.4, -0.2) is 40.6 Å². The topological polar surface area (TPSA) is 72.3 Å². The first-order valence-corrected chi connectivity index (χ1v) is 9.39. The molecule has 0 atom stereocenters. The highest BCUT2D eigenvalue weighted by Gasteiger charge is 2.16. The molecule has 1 aromatic carbocycles. The van der Waals surface area contributed by atoms with Crippen molar-refractivity contribution in [1.29, 1.82) is 0 Å². The first kappa shape index (κ1) is 18.0. The average Bonchev–Trinajstić information content (AvgIpc) is 3.40. The van der Waals surface area contributed by atoms with Gasteiger partial charge in [-0.15, -0.1) is 0 Å². The largest absolute Gasteiger partial charge is 0.497 e. The van der Waals surface area contributed by atoms with Crippen molar-refractivity contribution in [3.8, 4) is 17.1 Å². The molecule has 1 N–H and O–H groups in total. The molecule has 28 heavy (non-hydrogen) atoms. The molecular formula is C21H23N5O2. The van der Waals surface area contributed by atoms with E-state index in [0.29, 0.717) is 11.4 Å². The number of benzene rings is 1. The third kappa shape index (κ3) is 3.98. The number of ether oxygens (including phenoxy) is 1. The van der Waals surface area contributed by atoms with E-state index in [1.807, 2.05) is 41.1 Å². The molecule has 0 saturated carbocycles. The second-order valence-corrected chi connectivity index (χ2v) is 6.76. The number of rotatable bonds is 6. The minimum atomic E-state index is -0.124. The van der Waals surface area contributed by atoms with E-state index in [4.69, 9.17) is 4.74 Å². The van der Waals surface area contributed by atoms with Crippen LogP contribution in [0.1, 0.15) is 12.8 Å². The summed E-state index contributed by atoms with van der Waals surface area (Å²) >= 11 is 0. The third-order valence-electron chi connectivity index (χ3n) is 4.82. The molecule has 0 radical (unpaired) electrons. The summed E-state index contributed by atoms with van der Waals surface area (Å²) in [5.41, 5.74) is 1.65. The van der Waals surface area contributed by atoms with Crippen molar-refractivity contribution in [3.63, 3.8) is 0 Å². The third-order valence-corrected chi connectivity index (χ3v) is 4.82. The quantitative estimate of drug-likeness (QED) is 0.714. The Balaban J connectivity index is 1.49. The summed E-state index contributed by atoms with van der Waals surface area (Å²) in [4.78, 5) is 23.8. The van der Waals surface area contributed by atoms with Crippen LogP contribution in [0.4, 0.5) is 11.5 Å². The van der Waals surface area contributed by atoms with Crippen molar-refractivity contribution in [1.82, 2.24) is 14.5 Å². The van der Waals surface area contributed by atoms with E-state index in [9.17, 15) is 4.79 Å². The molecule has 4 rings (SSSR count). The predicted molar refractivity (Wildman–Crippen MR) is 109 cm³/mol. The molecule has 3 heterocycles. The molecule has 0 aliphatic carbocycles. The number of imidazole rings is 1. The fraction of sp³-hybridized carbons (Fsp3) is 0.286. The van der Waals surface area contributed by atoms with Crippen molar-refractivity contribution in [2.24, 2.45) is 0 Å². The lowest BCUT2D eigenvalue weighted by molar-refractivity contribution is -0.116. The number of nitrogens with zero attached hydrogens (tertiary/aromatic N) is 4. The van der Waals surface area contributed by atoms with Gasteiger partial charge in [0.2, 0.25) is 5.91 Å². The standard InChI is InChI=1S/C21H23N5O2/c1-28-18-6-4-5-17(14-18)24-20(27)15-26-12-9-23-21(26)16-7-8-22-19(13-16)25-10-2-3-11-25/h4-9,12-14H,2-3,10-11,15H2,1H3,(H,24,27). The van der Waals surface area contributed by atoms with Crippen molar-refractivity contribution in [2.45, 2.75) is 19.4 Å². The maximum atomic E-state index is 12.5. The first-order chi connectivity index (χ1) is 13.7. The van der Waals surface area contributed by atoms with E-state index in [-0.39, 0.29) is 12.5 Å². The molecule has 0 spiro atoms. The van der Waals surface area contributed by atoms with Gasteiger partial charge >= 0.3 is 0 Å². The number of nitrogens with one attached hydrogen (secondary N) is 1. The fourth-order valence-corrected chi connectivity index (χ4v) is 3.43. The minimum Gasteiger partial charge on any atom is -0.497 e. The zero-order valence-corrected chi connectivity index (χ0v) is 15.8. The van der Waals surface area contributed by atoms with Gasteiger partial charge in [-0.05, 0) is 37.1 Å². The van der Waals surface area contributed by atoms with Crippen LogP contribution >= 0.6 is 0 Å². The Morgan fingerprint density at radius 3 is 2.82 bits per heavy atom. The molecule has 1 aliphatic rings. The Hall–Kier alpha value is -3.35. The van der Waals surface area contributed by atoms with Gasteiger partial charge in [0.1, 0.15) is 23.9 Å². The van der Waals surface area contributed by atoms with Crippen LogP contribution in [0.2, 0.25) is 0 Å². The molecule has 144 valence electrons. The monoisotopic (exact) mass is 377 g/mol. The molecule has 7 heteroatoms. The van der Waals surface area contributed by atoms with Crippen LogP contribution in [0.5, 0.6) is 5.75 Å². The van der Waals surface area contributed by atoms with Crippen LogP contribution in [0, 0.1) is 0 Å². The number of methoxy groups -OCH3 is 1. The second kappa shape index (κ2) is 8.12. The van der Waals surface area contributed by atoms with Crippen LogP contribution in [0.3, 0.4) is 0 Å². The minimum absolute atomic E-state index is 0.124. The molecule has 0 unspecified atom stereocenters. The van der Waals surface area contributed by atoms with Gasteiger partial charge in [-0.2, -0.15) is 0 Å². The SMILES string of the molecule is COc1cccc(NC(=O)Cn2ccnc2-c2ccnc(N3CCCC3)c2)c1. The Morgan fingerprint density at radius 1 is 1.14 bits per heavy atom. The number of pyridine rings is 1. The highest BCUT2D eigenvalue weighted by atomic mass is 16.5. The Morgan fingerprint density at radius 2 is 2.00 bits per heavy atom. The fourth-order valence-electron chi connectivity index (χ4n) is 3.43. The van der Waals surface area contributed by atoms with Gasteiger partial charge in [0, 0.05) is 49.0 Å². The van der Waals surface area contributed by atoms with E-state index in [1.165, 1.54) is 12.8 Å². The predicted octanol–water partition coefficient (Wildman–Crippen LogP) is 3.19. The zero-order chi connectivity index (χ0) is 19.3. The van der Waals surface area contributed by atoms with Crippen molar-refractivity contribution in [3.05, 3.63) is 55.0 Å². The summed E-state index contributed by atoms with van der Waals surface area (Å²) < 4.78 is 7.04. The molecule has 1 aliphatic heterocycles. The normalized spacial score (nSPS) is 13.5. The van der Waals surface area contributed by atoms with E-state index in [0.717, 1.165) is 30.3 Å². The maximum absolute atomic E-state index is 12.5. The number of hydrogen-bond acceptors (Lipinski definition) is 5. The molecule has 1 fully saturated rings. The zero-order valence-electron chi connectivity index (χ0n) is 15.8. The van der Waals surface area contributed by atoms with Gasteiger partial charge in [-0.3, -0.25) is 4.79 Å². The van der Waals surface area contributed by atoms with E-state index in [1.54, 1.807) is 25.6 Å². The van der Waals surface area contributed by atoms with E-state index < -0.39 is 0 Å². The van der Waals surface area contributed by atoms with Crippen LogP contribution < -0.4 is 15.0 Å². The molecule has 7 nitrogen and oxygen atoms in total. The van der Waals surface area contributed by atoms with Crippen molar-refractivity contribution >= 4 is 17.4 Å². The summed E-state index contributed by atoms with van der Waals surface area (Å²) in [7, 11) is 1.60. The Kier molecular flexibility index (Phi) is 5.23. The summed E-state index contributed by atoms with van der Waals surface area (Å²) in [5, 5.41) is 2.90. The molecule has 3 aromatic rings. The van der Waals surface area contributed by atoms with Crippen molar-refractivity contribution in [2.75, 3.05) is 30.4 Å². The van der Waals surface area contributed by atoms with Gasteiger partial charge in [0.05, 0.1) is 7.11 Å². The van der Waals surface area contributed by atoms with Gasteiger partial charge in [-0.1, -0.05) is 6.07 Å². The molecule has 2 aromatic heterocycles. The second-order valence-electron chi connectivity index (χ2n) is 6.76. The van der Waals surface area contributed by atoms with Gasteiger partial charge in [0.15, 0.2) is 0 Å². The number of amides is 1. The van der Waals surface area contributed by atoms with Gasteiger partial charge in [-0.25, -0.2) is 9.97 Å². The lowest BCUT2D eigenvalue weighted by atomic mass is 10.2. The van der Waals surface area contributed by atoms with Crippen LogP contribution in [0.25, 0.3) is 11.4 Å². The summed E-state index contributed by atoms with van der Waals surface area (Å²) in [6, 6.07) is 11.3. The summed E-state index contributed by atoms with van der Waals surface area (Å²) in [6.07, 6.45) is 7.73. The Bertz CT molecular complexity index is 963. The summed E-state index contributed by atoms with van der Waals surface area (Å²) in [5.74, 6) is 2.29. The number of aromatic nitrogens is 3. The average molecular weight is 377 g/mol. The highest BCUT2D eigenvalue weighted by molar-refractivity contribution is 5.91. The number of carbonyl (C=O) groups is 1. The van der Waals surface area contributed by atoms with E-state index >= 15 is 0 Å². The number of hydrogen-bond donors (Lipinski definition) is 1. The molecule has 1 saturated heterocycles. The van der Waals surface area contributed by atoms with Crippen LogP contribution in [0.15, 0.2) is 55.0 Å². The molecule has 1 amide bonds. The number of anilines is 2. The molecule has 0 bridgehead atoms. The van der Waals surface area contributed by atoms with Crippen molar-refractivity contribution < 1.29 is 9.53 Å². The highest BCUT2D eigenvalue weighted by Crippen LogP contribution is 2.24. The number of carbonyl (C=O) groups excluding carboxylic acids is 1.